The molecule has 0 aliphatic rings. The van der Waals surface area contributed by atoms with Crippen molar-refractivity contribution >= 4 is 35.9 Å². The molecule has 0 aliphatic heterocycles. The van der Waals surface area contributed by atoms with Gasteiger partial charge in [0.2, 0.25) is 8.32 Å². The van der Waals surface area contributed by atoms with Crippen LogP contribution < -0.4 is 13.9 Å². The number of alkyl halides is 3. The van der Waals surface area contributed by atoms with E-state index >= 15 is 0 Å². The maximum Gasteiger partial charge on any atom is 0.534 e. The van der Waals surface area contributed by atoms with E-state index in [9.17, 15) is 26.4 Å². The molecule has 1 amide bonds. The summed E-state index contributed by atoms with van der Waals surface area (Å²) in [6.07, 6.45) is 0. The predicted molar refractivity (Wildman–Crippen MR) is 127 cm³/mol. The molecule has 2 aromatic rings. The molecule has 0 bridgehead atoms. The first-order valence-corrected chi connectivity index (χ1v) is 14.9. The Morgan fingerprint density at radius 1 is 1.12 bits per heavy atom. The standard InChI is InChI=1S/C22H27ClF3NO5SSi/c1-14-10-16(12-18(23)19(14)31-33(29,30)22(24,25)26)20(28)27-13-15-8-7-9-17(11-15)32-34(5,6)21(2,3)4/h7-12H,13H2,1-6H3,(H,27,28). The largest absolute Gasteiger partial charge is 0.543 e. The summed E-state index contributed by atoms with van der Waals surface area (Å²) >= 11 is 5.92. The Hall–Kier alpha value is -2.24. The molecule has 0 spiro atoms. The zero-order chi connectivity index (χ0) is 26.1. The molecular weight excluding hydrogens is 511 g/mol. The minimum atomic E-state index is -5.90. The Morgan fingerprint density at radius 2 is 1.74 bits per heavy atom. The summed E-state index contributed by atoms with van der Waals surface area (Å²) in [5.41, 5.74) is -4.84. The quantitative estimate of drug-likeness (QED) is 0.259. The maximum atomic E-state index is 12.6. The van der Waals surface area contributed by atoms with Crippen molar-refractivity contribution in [3.8, 4) is 11.5 Å². The highest BCUT2D eigenvalue weighted by Crippen LogP contribution is 2.38. The summed E-state index contributed by atoms with van der Waals surface area (Å²) < 4.78 is 70.8. The van der Waals surface area contributed by atoms with E-state index in [1.165, 1.54) is 13.0 Å². The van der Waals surface area contributed by atoms with Crippen molar-refractivity contribution in [2.45, 2.75) is 57.9 Å². The SMILES string of the molecule is Cc1cc(C(=O)NCc2cccc(O[Si](C)(C)C(C)(C)C)c2)cc(Cl)c1OS(=O)(=O)C(F)(F)F. The molecule has 0 fully saturated rings. The van der Waals surface area contributed by atoms with Crippen LogP contribution in [0.4, 0.5) is 13.2 Å². The topological polar surface area (TPSA) is 81.7 Å². The number of benzene rings is 2. The lowest BCUT2D eigenvalue weighted by Crippen LogP contribution is -2.43. The Balaban J connectivity index is 2.14. The zero-order valence-electron chi connectivity index (χ0n) is 19.6. The first kappa shape index (κ1) is 28.0. The van der Waals surface area contributed by atoms with Gasteiger partial charge in [0.15, 0.2) is 5.75 Å². The van der Waals surface area contributed by atoms with Crippen LogP contribution in [0.1, 0.15) is 42.3 Å². The van der Waals surface area contributed by atoms with Gasteiger partial charge in [-0.15, -0.1) is 0 Å². The second kappa shape index (κ2) is 9.78. The summed E-state index contributed by atoms with van der Waals surface area (Å²) in [4.78, 5) is 12.6. The maximum absolute atomic E-state index is 12.6. The van der Waals surface area contributed by atoms with Gasteiger partial charge in [0.05, 0.1) is 5.02 Å². The number of halogens is 4. The zero-order valence-corrected chi connectivity index (χ0v) is 22.2. The van der Waals surface area contributed by atoms with Gasteiger partial charge in [0, 0.05) is 12.1 Å². The molecule has 0 aliphatic carbocycles. The predicted octanol–water partition coefficient (Wildman–Crippen LogP) is 6.19. The summed E-state index contributed by atoms with van der Waals surface area (Å²) in [6.45, 7) is 12.1. The van der Waals surface area contributed by atoms with Crippen LogP contribution in [0.25, 0.3) is 0 Å². The van der Waals surface area contributed by atoms with Gasteiger partial charge in [0.1, 0.15) is 5.75 Å². The van der Waals surface area contributed by atoms with Crippen LogP contribution in [-0.2, 0) is 16.7 Å². The Morgan fingerprint density at radius 3 is 2.26 bits per heavy atom. The number of nitrogens with one attached hydrogen (secondary N) is 1. The molecule has 0 saturated heterocycles. The average Bonchev–Trinajstić information content (AvgIpc) is 2.67. The first-order chi connectivity index (χ1) is 15.3. The number of rotatable bonds is 7. The fraction of sp³-hybridized carbons (Fsp3) is 0.409. The van der Waals surface area contributed by atoms with Crippen LogP contribution in [0.2, 0.25) is 23.2 Å². The van der Waals surface area contributed by atoms with E-state index in [1.54, 1.807) is 0 Å². The highest BCUT2D eigenvalue weighted by molar-refractivity contribution is 7.88. The third-order valence-electron chi connectivity index (χ3n) is 5.50. The van der Waals surface area contributed by atoms with Crippen LogP contribution >= 0.6 is 11.6 Å². The van der Waals surface area contributed by atoms with Gasteiger partial charge in [-0.3, -0.25) is 4.79 Å². The summed E-state index contributed by atoms with van der Waals surface area (Å²) in [7, 11) is -7.94. The van der Waals surface area contributed by atoms with E-state index in [2.05, 4.69) is 43.4 Å². The molecule has 12 heteroatoms. The van der Waals surface area contributed by atoms with Crippen LogP contribution in [0.5, 0.6) is 11.5 Å². The van der Waals surface area contributed by atoms with E-state index in [-0.39, 0.29) is 22.7 Å². The number of hydrogen-bond donors (Lipinski definition) is 1. The van der Waals surface area contributed by atoms with Gasteiger partial charge in [0.25, 0.3) is 5.91 Å². The molecule has 0 saturated carbocycles. The van der Waals surface area contributed by atoms with E-state index in [4.69, 9.17) is 16.0 Å². The van der Waals surface area contributed by atoms with E-state index < -0.39 is 40.6 Å². The smallest absolute Gasteiger partial charge is 0.534 e. The lowest BCUT2D eigenvalue weighted by molar-refractivity contribution is -0.0500. The van der Waals surface area contributed by atoms with Crippen molar-refractivity contribution in [2.75, 3.05) is 0 Å². The third-order valence-corrected chi connectivity index (χ3v) is 11.1. The molecule has 0 aromatic heterocycles. The molecule has 2 aromatic carbocycles. The lowest BCUT2D eigenvalue weighted by atomic mass is 10.1. The second-order valence-corrected chi connectivity index (χ2v) is 15.9. The van der Waals surface area contributed by atoms with Crippen molar-refractivity contribution in [1.29, 1.82) is 0 Å². The first-order valence-electron chi connectivity index (χ1n) is 10.2. The molecule has 0 atom stereocenters. The van der Waals surface area contributed by atoms with Gasteiger partial charge >= 0.3 is 15.6 Å². The fourth-order valence-corrected chi connectivity index (χ4v) is 4.48. The lowest BCUT2D eigenvalue weighted by Gasteiger charge is -2.36. The number of carbonyl (C=O) groups is 1. The molecule has 0 radical (unpaired) electrons. The number of hydrogen-bond acceptors (Lipinski definition) is 5. The van der Waals surface area contributed by atoms with Gasteiger partial charge < -0.3 is 13.9 Å². The highest BCUT2D eigenvalue weighted by Gasteiger charge is 2.49. The highest BCUT2D eigenvalue weighted by atomic mass is 35.5. The number of aryl methyl sites for hydroxylation is 1. The minimum Gasteiger partial charge on any atom is -0.543 e. The Bertz CT molecular complexity index is 1150. The van der Waals surface area contributed by atoms with Gasteiger partial charge in [-0.2, -0.15) is 21.6 Å². The average molecular weight is 538 g/mol. The molecule has 6 nitrogen and oxygen atoms in total. The molecule has 2 rings (SSSR count). The van der Waals surface area contributed by atoms with Crippen molar-refractivity contribution in [1.82, 2.24) is 5.32 Å². The minimum absolute atomic E-state index is 0.0175. The number of amides is 1. The molecule has 34 heavy (non-hydrogen) atoms. The van der Waals surface area contributed by atoms with Crippen molar-refractivity contribution in [2.24, 2.45) is 0 Å². The second-order valence-electron chi connectivity index (χ2n) is 9.28. The van der Waals surface area contributed by atoms with Crippen LogP contribution in [-0.4, -0.2) is 28.2 Å². The van der Waals surface area contributed by atoms with Gasteiger partial charge in [-0.25, -0.2) is 0 Å². The van der Waals surface area contributed by atoms with Crippen LogP contribution in [0.3, 0.4) is 0 Å². The molecular formula is C22H27ClF3NO5SSi. The normalized spacial score (nSPS) is 12.9. The van der Waals surface area contributed by atoms with E-state index in [1.807, 2.05) is 24.3 Å². The summed E-state index contributed by atoms with van der Waals surface area (Å²) in [5.74, 6) is -0.540. The summed E-state index contributed by atoms with van der Waals surface area (Å²) in [5, 5.41) is 2.28. The van der Waals surface area contributed by atoms with Crippen LogP contribution in [0, 0.1) is 6.92 Å². The van der Waals surface area contributed by atoms with Gasteiger partial charge in [-0.05, 0) is 60.4 Å². The van der Waals surface area contributed by atoms with Crippen molar-refractivity contribution in [3.05, 3.63) is 58.1 Å². The Labute approximate surface area is 203 Å². The molecule has 0 unspecified atom stereocenters. The molecule has 0 heterocycles. The van der Waals surface area contributed by atoms with E-state index in [0.717, 1.165) is 11.6 Å². The van der Waals surface area contributed by atoms with Crippen LogP contribution in [0.15, 0.2) is 36.4 Å². The fourth-order valence-electron chi connectivity index (χ4n) is 2.58. The van der Waals surface area contributed by atoms with Crippen molar-refractivity contribution in [3.63, 3.8) is 0 Å². The van der Waals surface area contributed by atoms with E-state index in [0.29, 0.717) is 5.75 Å². The Kier molecular flexibility index (Phi) is 8.06. The van der Waals surface area contributed by atoms with Crippen molar-refractivity contribution < 1.29 is 35.0 Å². The summed E-state index contributed by atoms with van der Waals surface area (Å²) in [6, 6.07) is 9.55. The third kappa shape index (κ3) is 6.67. The number of carbonyl (C=O) groups excluding carboxylic acids is 1. The monoisotopic (exact) mass is 537 g/mol. The van der Waals surface area contributed by atoms with Gasteiger partial charge in [-0.1, -0.05) is 44.5 Å². The molecule has 1 N–H and O–H groups in total. The molecule has 188 valence electrons.